The lowest BCUT2D eigenvalue weighted by molar-refractivity contribution is 0.338. The number of hydrogen-bond donors (Lipinski definition) is 0. The van der Waals surface area contributed by atoms with Crippen molar-refractivity contribution in [1.29, 1.82) is 0 Å². The van der Waals surface area contributed by atoms with Crippen LogP contribution in [-0.4, -0.2) is 0 Å². The van der Waals surface area contributed by atoms with E-state index in [0.717, 1.165) is 11.8 Å². The van der Waals surface area contributed by atoms with E-state index in [1.54, 1.807) is 0 Å². The molecule has 0 saturated carbocycles. The van der Waals surface area contributed by atoms with Crippen molar-refractivity contribution in [3.63, 3.8) is 0 Å². The van der Waals surface area contributed by atoms with Gasteiger partial charge in [0.1, 0.15) is 0 Å². The molecule has 11 heavy (non-hydrogen) atoms. The molecular formula is C11H24. The van der Waals surface area contributed by atoms with Crippen LogP contribution in [0, 0.1) is 11.8 Å². The molecule has 0 aliphatic heterocycles. The Morgan fingerprint density at radius 1 is 0.636 bits per heavy atom. The van der Waals surface area contributed by atoms with Crippen molar-refractivity contribution < 1.29 is 0 Å². The highest BCUT2D eigenvalue weighted by molar-refractivity contribution is 4.61. The quantitative estimate of drug-likeness (QED) is 0.539. The van der Waals surface area contributed by atoms with Gasteiger partial charge in [-0.15, -0.1) is 0 Å². The second-order valence-corrected chi connectivity index (χ2v) is 3.60. The highest BCUT2D eigenvalue weighted by Crippen LogP contribution is 2.23. The van der Waals surface area contributed by atoms with Gasteiger partial charge in [-0.3, -0.25) is 0 Å². The van der Waals surface area contributed by atoms with Crippen LogP contribution < -0.4 is 0 Å². The van der Waals surface area contributed by atoms with Gasteiger partial charge in [0.15, 0.2) is 0 Å². The average Bonchev–Trinajstić information content (AvgIpc) is 2.07. The zero-order valence-corrected chi connectivity index (χ0v) is 8.69. The summed E-state index contributed by atoms with van der Waals surface area (Å²) in [6.45, 7) is 9.26. The normalized spacial score (nSPS) is 11.5. The fourth-order valence-corrected chi connectivity index (χ4v) is 1.72. The van der Waals surface area contributed by atoms with E-state index in [0.29, 0.717) is 0 Å². The van der Waals surface area contributed by atoms with Crippen molar-refractivity contribution in [1.82, 2.24) is 0 Å². The molecule has 0 aromatic heterocycles. The minimum Gasteiger partial charge on any atom is -0.0651 e. The van der Waals surface area contributed by atoms with E-state index in [4.69, 9.17) is 0 Å². The van der Waals surface area contributed by atoms with Crippen LogP contribution in [0.5, 0.6) is 0 Å². The SMILES string of the molecule is CCC(CC)CC(CC)CC. The van der Waals surface area contributed by atoms with Crippen LogP contribution >= 0.6 is 0 Å². The standard InChI is InChI=1S/C11H24/c1-5-10(6-2)9-11(7-3)8-4/h10-11H,5-9H2,1-4H3. The molecule has 0 aliphatic carbocycles. The Hall–Kier alpha value is 0. The molecule has 0 atom stereocenters. The maximum Gasteiger partial charge on any atom is -0.0417 e. The summed E-state index contributed by atoms with van der Waals surface area (Å²) in [4.78, 5) is 0. The van der Waals surface area contributed by atoms with Crippen molar-refractivity contribution in [2.75, 3.05) is 0 Å². The Morgan fingerprint density at radius 2 is 0.909 bits per heavy atom. The minimum atomic E-state index is 0.986. The van der Waals surface area contributed by atoms with Crippen LogP contribution in [0.1, 0.15) is 59.8 Å². The van der Waals surface area contributed by atoms with Crippen molar-refractivity contribution in [2.24, 2.45) is 11.8 Å². The number of rotatable bonds is 6. The summed E-state index contributed by atoms with van der Waals surface area (Å²) in [6, 6.07) is 0. The first-order chi connectivity index (χ1) is 5.28. The lowest BCUT2D eigenvalue weighted by Gasteiger charge is -2.18. The van der Waals surface area contributed by atoms with E-state index in [-0.39, 0.29) is 0 Å². The van der Waals surface area contributed by atoms with Gasteiger partial charge >= 0.3 is 0 Å². The summed E-state index contributed by atoms with van der Waals surface area (Å²) in [5.41, 5.74) is 0. The van der Waals surface area contributed by atoms with Crippen LogP contribution in [0.2, 0.25) is 0 Å². The van der Waals surface area contributed by atoms with Crippen LogP contribution in [0.15, 0.2) is 0 Å². The molecule has 0 N–H and O–H groups in total. The molecule has 0 fully saturated rings. The van der Waals surface area contributed by atoms with Gasteiger partial charge in [0.25, 0.3) is 0 Å². The molecule has 0 nitrogen and oxygen atoms in total. The Kier molecular flexibility index (Phi) is 6.69. The van der Waals surface area contributed by atoms with Crippen molar-refractivity contribution >= 4 is 0 Å². The molecule has 0 saturated heterocycles. The highest BCUT2D eigenvalue weighted by atomic mass is 14.2. The van der Waals surface area contributed by atoms with Gasteiger partial charge in [-0.05, 0) is 18.3 Å². The molecule has 0 unspecified atom stereocenters. The monoisotopic (exact) mass is 156 g/mol. The second-order valence-electron chi connectivity index (χ2n) is 3.60. The van der Waals surface area contributed by atoms with Gasteiger partial charge < -0.3 is 0 Å². The zero-order chi connectivity index (χ0) is 8.69. The van der Waals surface area contributed by atoms with Gasteiger partial charge in [0.05, 0.1) is 0 Å². The predicted octanol–water partition coefficient (Wildman–Crippen LogP) is 4.25. The lowest BCUT2D eigenvalue weighted by atomic mass is 9.88. The predicted molar refractivity (Wildman–Crippen MR) is 52.8 cm³/mol. The first-order valence-corrected chi connectivity index (χ1v) is 5.28. The molecule has 0 bridgehead atoms. The topological polar surface area (TPSA) is 0 Å². The third-order valence-corrected chi connectivity index (χ3v) is 2.98. The fourth-order valence-electron chi connectivity index (χ4n) is 1.72. The second kappa shape index (κ2) is 6.69. The summed E-state index contributed by atoms with van der Waals surface area (Å²) in [7, 11) is 0. The molecular weight excluding hydrogens is 132 g/mol. The van der Waals surface area contributed by atoms with Gasteiger partial charge in [0.2, 0.25) is 0 Å². The summed E-state index contributed by atoms with van der Waals surface area (Å²) in [5, 5.41) is 0. The Balaban J connectivity index is 3.58. The Morgan fingerprint density at radius 3 is 1.09 bits per heavy atom. The fraction of sp³-hybridized carbons (Fsp3) is 1.00. The largest absolute Gasteiger partial charge is 0.0651 e. The van der Waals surface area contributed by atoms with E-state index in [9.17, 15) is 0 Å². The van der Waals surface area contributed by atoms with Crippen molar-refractivity contribution in [3.8, 4) is 0 Å². The molecule has 0 heteroatoms. The molecule has 0 rings (SSSR count). The molecule has 0 aliphatic rings. The summed E-state index contributed by atoms with van der Waals surface area (Å²) >= 11 is 0. The maximum atomic E-state index is 2.32. The van der Waals surface area contributed by atoms with Crippen molar-refractivity contribution in [2.45, 2.75) is 59.8 Å². The minimum absolute atomic E-state index is 0.986. The Labute approximate surface area is 72.4 Å². The summed E-state index contributed by atoms with van der Waals surface area (Å²) in [6.07, 6.45) is 6.93. The summed E-state index contributed by atoms with van der Waals surface area (Å²) in [5.74, 6) is 1.97. The molecule has 68 valence electrons. The first-order valence-electron chi connectivity index (χ1n) is 5.28. The van der Waals surface area contributed by atoms with E-state index in [1.807, 2.05) is 0 Å². The number of hydrogen-bond acceptors (Lipinski definition) is 0. The molecule has 0 aromatic rings. The molecule has 0 aromatic carbocycles. The third-order valence-electron chi connectivity index (χ3n) is 2.98. The highest BCUT2D eigenvalue weighted by Gasteiger charge is 2.09. The molecule has 0 amide bonds. The smallest absolute Gasteiger partial charge is 0.0417 e. The average molecular weight is 156 g/mol. The van der Waals surface area contributed by atoms with E-state index in [2.05, 4.69) is 27.7 Å². The van der Waals surface area contributed by atoms with Gasteiger partial charge in [-0.25, -0.2) is 0 Å². The van der Waals surface area contributed by atoms with Crippen LogP contribution in [-0.2, 0) is 0 Å². The molecule has 0 spiro atoms. The first kappa shape index (κ1) is 11.0. The lowest BCUT2D eigenvalue weighted by Crippen LogP contribution is -2.05. The third kappa shape index (κ3) is 4.44. The van der Waals surface area contributed by atoms with Crippen LogP contribution in [0.3, 0.4) is 0 Å². The van der Waals surface area contributed by atoms with Crippen molar-refractivity contribution in [3.05, 3.63) is 0 Å². The summed E-state index contributed by atoms with van der Waals surface area (Å²) < 4.78 is 0. The molecule has 0 heterocycles. The van der Waals surface area contributed by atoms with Gasteiger partial charge in [0, 0.05) is 0 Å². The van der Waals surface area contributed by atoms with E-state index in [1.165, 1.54) is 32.1 Å². The van der Waals surface area contributed by atoms with E-state index >= 15 is 0 Å². The Bertz CT molecular complexity index is 58.1. The zero-order valence-electron chi connectivity index (χ0n) is 8.69. The maximum absolute atomic E-state index is 2.32. The van der Waals surface area contributed by atoms with Crippen LogP contribution in [0.25, 0.3) is 0 Å². The van der Waals surface area contributed by atoms with Gasteiger partial charge in [-0.2, -0.15) is 0 Å². The molecule has 0 radical (unpaired) electrons. The van der Waals surface area contributed by atoms with E-state index < -0.39 is 0 Å². The van der Waals surface area contributed by atoms with Crippen LogP contribution in [0.4, 0.5) is 0 Å². The van der Waals surface area contributed by atoms with Gasteiger partial charge in [-0.1, -0.05) is 53.4 Å².